The van der Waals surface area contributed by atoms with Crippen LogP contribution < -0.4 is 5.32 Å². The van der Waals surface area contributed by atoms with Gasteiger partial charge < -0.3 is 5.32 Å². The molecule has 0 radical (unpaired) electrons. The molecule has 0 fully saturated rings. The van der Waals surface area contributed by atoms with Crippen LogP contribution in [0.5, 0.6) is 0 Å². The van der Waals surface area contributed by atoms with E-state index in [4.69, 9.17) is 11.6 Å². The van der Waals surface area contributed by atoms with Gasteiger partial charge in [-0.3, -0.25) is 0 Å². The molecule has 90 valence electrons. The maximum absolute atomic E-state index is 5.95. The standard InChI is InChI=1S/C13H13BrClNS/c1-8-4-3-5-10(13(8)14)16-9(2)11-6-7-12(15)17-11/h3-7,9,16H,1-2H3. The lowest BCUT2D eigenvalue weighted by atomic mass is 10.2. The van der Waals surface area contributed by atoms with Gasteiger partial charge in [0.15, 0.2) is 0 Å². The number of rotatable bonds is 3. The van der Waals surface area contributed by atoms with Gasteiger partial charge in [-0.2, -0.15) is 0 Å². The van der Waals surface area contributed by atoms with E-state index in [9.17, 15) is 0 Å². The van der Waals surface area contributed by atoms with E-state index >= 15 is 0 Å². The summed E-state index contributed by atoms with van der Waals surface area (Å²) >= 11 is 11.2. The van der Waals surface area contributed by atoms with E-state index in [1.54, 1.807) is 11.3 Å². The van der Waals surface area contributed by atoms with Gasteiger partial charge in [0.1, 0.15) is 0 Å². The molecule has 1 aromatic carbocycles. The van der Waals surface area contributed by atoms with Crippen molar-refractivity contribution >= 4 is 44.6 Å². The van der Waals surface area contributed by atoms with E-state index in [0.717, 1.165) is 14.5 Å². The van der Waals surface area contributed by atoms with Crippen molar-refractivity contribution in [1.29, 1.82) is 0 Å². The van der Waals surface area contributed by atoms with Crippen LogP contribution in [-0.4, -0.2) is 0 Å². The number of aryl methyl sites for hydroxylation is 1. The van der Waals surface area contributed by atoms with Crippen molar-refractivity contribution in [2.75, 3.05) is 5.32 Å². The molecule has 0 aliphatic carbocycles. The van der Waals surface area contributed by atoms with Gasteiger partial charge in [0.25, 0.3) is 0 Å². The molecule has 1 unspecified atom stereocenters. The van der Waals surface area contributed by atoms with Gasteiger partial charge in [-0.15, -0.1) is 11.3 Å². The SMILES string of the molecule is Cc1cccc(NC(C)c2ccc(Cl)s2)c1Br. The first-order chi connectivity index (χ1) is 8.08. The van der Waals surface area contributed by atoms with Crippen LogP contribution in [-0.2, 0) is 0 Å². The highest BCUT2D eigenvalue weighted by molar-refractivity contribution is 9.10. The van der Waals surface area contributed by atoms with Crippen LogP contribution in [0.2, 0.25) is 4.34 Å². The summed E-state index contributed by atoms with van der Waals surface area (Å²) in [7, 11) is 0. The molecule has 0 amide bonds. The summed E-state index contributed by atoms with van der Waals surface area (Å²) in [5, 5.41) is 3.49. The van der Waals surface area contributed by atoms with Crippen molar-refractivity contribution in [2.24, 2.45) is 0 Å². The molecule has 1 heterocycles. The van der Waals surface area contributed by atoms with Crippen LogP contribution >= 0.6 is 38.9 Å². The lowest BCUT2D eigenvalue weighted by Crippen LogP contribution is -2.05. The first kappa shape index (κ1) is 12.9. The smallest absolute Gasteiger partial charge is 0.0932 e. The Balaban J connectivity index is 2.18. The summed E-state index contributed by atoms with van der Waals surface area (Å²) in [6.07, 6.45) is 0. The number of anilines is 1. The third-order valence-electron chi connectivity index (χ3n) is 2.58. The van der Waals surface area contributed by atoms with Gasteiger partial charge in [-0.25, -0.2) is 0 Å². The molecule has 1 N–H and O–H groups in total. The number of thiophene rings is 1. The van der Waals surface area contributed by atoms with Gasteiger partial charge in [-0.05, 0) is 53.5 Å². The summed E-state index contributed by atoms with van der Waals surface area (Å²) in [6, 6.07) is 10.5. The number of halogens is 2. The quantitative estimate of drug-likeness (QED) is 0.767. The van der Waals surface area contributed by atoms with Crippen LogP contribution in [0.25, 0.3) is 0 Å². The van der Waals surface area contributed by atoms with Crippen molar-refractivity contribution in [2.45, 2.75) is 19.9 Å². The molecular formula is C13H13BrClNS. The predicted molar refractivity (Wildman–Crippen MR) is 80.2 cm³/mol. The van der Waals surface area contributed by atoms with E-state index in [1.807, 2.05) is 6.07 Å². The highest BCUT2D eigenvalue weighted by atomic mass is 79.9. The zero-order valence-electron chi connectivity index (χ0n) is 9.63. The average Bonchev–Trinajstić information content (AvgIpc) is 2.72. The minimum Gasteiger partial charge on any atom is -0.377 e. The molecule has 1 aromatic heterocycles. The summed E-state index contributed by atoms with van der Waals surface area (Å²) in [4.78, 5) is 1.24. The highest BCUT2D eigenvalue weighted by Crippen LogP contribution is 2.32. The number of hydrogen-bond donors (Lipinski definition) is 1. The minimum atomic E-state index is 0.255. The summed E-state index contributed by atoms with van der Waals surface area (Å²) in [5.74, 6) is 0. The van der Waals surface area contributed by atoms with Crippen molar-refractivity contribution < 1.29 is 0 Å². The van der Waals surface area contributed by atoms with Crippen molar-refractivity contribution in [3.63, 3.8) is 0 Å². The Morgan fingerprint density at radius 2 is 2.06 bits per heavy atom. The van der Waals surface area contributed by atoms with Crippen LogP contribution in [0, 0.1) is 6.92 Å². The molecule has 2 rings (SSSR count). The first-order valence-corrected chi connectivity index (χ1v) is 7.33. The second-order valence-electron chi connectivity index (χ2n) is 3.94. The van der Waals surface area contributed by atoms with Crippen LogP contribution in [0.15, 0.2) is 34.8 Å². The maximum atomic E-state index is 5.95. The summed E-state index contributed by atoms with van der Waals surface area (Å²) in [6.45, 7) is 4.22. The van der Waals surface area contributed by atoms with E-state index in [0.29, 0.717) is 0 Å². The molecule has 0 aliphatic rings. The number of hydrogen-bond acceptors (Lipinski definition) is 2. The number of benzene rings is 1. The fraction of sp³-hybridized carbons (Fsp3) is 0.231. The molecule has 2 aromatic rings. The molecule has 0 saturated heterocycles. The Bertz CT molecular complexity index is 524. The maximum Gasteiger partial charge on any atom is 0.0932 e. The molecule has 0 spiro atoms. The molecule has 17 heavy (non-hydrogen) atoms. The third-order valence-corrected chi connectivity index (χ3v) is 5.05. The van der Waals surface area contributed by atoms with Gasteiger partial charge in [0, 0.05) is 15.0 Å². The minimum absolute atomic E-state index is 0.255. The van der Waals surface area contributed by atoms with Crippen LogP contribution in [0.3, 0.4) is 0 Å². The molecule has 0 aliphatic heterocycles. The fourth-order valence-corrected chi connectivity index (χ4v) is 3.07. The average molecular weight is 331 g/mol. The third kappa shape index (κ3) is 3.03. The second-order valence-corrected chi connectivity index (χ2v) is 6.48. The lowest BCUT2D eigenvalue weighted by molar-refractivity contribution is 0.906. The molecule has 0 bridgehead atoms. The molecule has 4 heteroatoms. The van der Waals surface area contributed by atoms with E-state index in [2.05, 4.69) is 59.4 Å². The Hall–Kier alpha value is -0.510. The number of nitrogens with one attached hydrogen (secondary N) is 1. The topological polar surface area (TPSA) is 12.0 Å². The highest BCUT2D eigenvalue weighted by Gasteiger charge is 2.10. The summed E-state index contributed by atoms with van der Waals surface area (Å²) in [5.41, 5.74) is 2.34. The molecule has 1 nitrogen and oxygen atoms in total. The summed E-state index contributed by atoms with van der Waals surface area (Å²) < 4.78 is 1.95. The monoisotopic (exact) mass is 329 g/mol. The van der Waals surface area contributed by atoms with Gasteiger partial charge in [0.2, 0.25) is 0 Å². The zero-order valence-corrected chi connectivity index (χ0v) is 12.8. The fourth-order valence-electron chi connectivity index (χ4n) is 1.62. The van der Waals surface area contributed by atoms with Gasteiger partial charge in [-0.1, -0.05) is 23.7 Å². The van der Waals surface area contributed by atoms with Crippen molar-refractivity contribution in [3.05, 3.63) is 49.6 Å². The Labute approximate surface area is 119 Å². The van der Waals surface area contributed by atoms with E-state index in [-0.39, 0.29) is 6.04 Å². The van der Waals surface area contributed by atoms with E-state index in [1.165, 1.54) is 10.4 Å². The van der Waals surface area contributed by atoms with E-state index < -0.39 is 0 Å². The zero-order chi connectivity index (χ0) is 12.4. The van der Waals surface area contributed by atoms with Crippen LogP contribution in [0.4, 0.5) is 5.69 Å². The Morgan fingerprint density at radius 1 is 1.29 bits per heavy atom. The van der Waals surface area contributed by atoms with Gasteiger partial charge >= 0.3 is 0 Å². The van der Waals surface area contributed by atoms with Gasteiger partial charge in [0.05, 0.1) is 10.4 Å². The normalized spacial score (nSPS) is 12.5. The van der Waals surface area contributed by atoms with Crippen molar-refractivity contribution in [1.82, 2.24) is 0 Å². The predicted octanol–water partition coefficient (Wildman–Crippen LogP) is 5.65. The Morgan fingerprint density at radius 3 is 2.71 bits per heavy atom. The Kier molecular flexibility index (Phi) is 4.13. The molecule has 1 atom stereocenters. The van der Waals surface area contributed by atoms with Crippen LogP contribution in [0.1, 0.15) is 23.4 Å². The lowest BCUT2D eigenvalue weighted by Gasteiger charge is -2.16. The molecule has 0 saturated carbocycles. The molecular weight excluding hydrogens is 318 g/mol. The second kappa shape index (κ2) is 5.42. The largest absolute Gasteiger partial charge is 0.377 e. The first-order valence-electron chi connectivity index (χ1n) is 5.35. The van der Waals surface area contributed by atoms with Crippen molar-refractivity contribution in [3.8, 4) is 0 Å².